The van der Waals surface area contributed by atoms with Crippen molar-refractivity contribution in [3.05, 3.63) is 12.7 Å². The summed E-state index contributed by atoms with van der Waals surface area (Å²) in [5.74, 6) is -0.850. The van der Waals surface area contributed by atoms with Crippen molar-refractivity contribution in [1.82, 2.24) is 9.80 Å². The first-order valence-corrected chi connectivity index (χ1v) is 5.38. The molecule has 1 rings (SSSR count). The lowest BCUT2D eigenvalue weighted by atomic mass is 10.1. The molecule has 0 aromatic heterocycles. The lowest BCUT2D eigenvalue weighted by Crippen LogP contribution is -2.55. The van der Waals surface area contributed by atoms with Gasteiger partial charge in [-0.05, 0) is 13.5 Å². The van der Waals surface area contributed by atoms with Crippen molar-refractivity contribution >= 4 is 11.9 Å². The van der Waals surface area contributed by atoms with E-state index < -0.39 is 5.97 Å². The molecule has 1 heterocycles. The molecule has 0 spiro atoms. The molecule has 5 nitrogen and oxygen atoms in total. The van der Waals surface area contributed by atoms with Crippen LogP contribution in [0.4, 0.5) is 0 Å². The van der Waals surface area contributed by atoms with Crippen LogP contribution in [0.5, 0.6) is 0 Å². The van der Waals surface area contributed by atoms with Gasteiger partial charge in [0.2, 0.25) is 5.91 Å². The van der Waals surface area contributed by atoms with Crippen molar-refractivity contribution in [2.75, 3.05) is 26.7 Å². The van der Waals surface area contributed by atoms with Crippen molar-refractivity contribution in [1.29, 1.82) is 0 Å². The predicted octanol–water partition coefficient (Wildman–Crippen LogP) is 0.180. The lowest BCUT2D eigenvalue weighted by Gasteiger charge is -2.38. The molecule has 0 aromatic rings. The third-order valence-electron chi connectivity index (χ3n) is 2.83. The van der Waals surface area contributed by atoms with Gasteiger partial charge in [-0.1, -0.05) is 6.08 Å². The van der Waals surface area contributed by atoms with E-state index in [0.29, 0.717) is 19.5 Å². The van der Waals surface area contributed by atoms with Gasteiger partial charge >= 0.3 is 5.97 Å². The summed E-state index contributed by atoms with van der Waals surface area (Å²) in [5.41, 5.74) is 0. The Morgan fingerprint density at radius 2 is 2.31 bits per heavy atom. The molecule has 1 fully saturated rings. The summed E-state index contributed by atoms with van der Waals surface area (Å²) in [4.78, 5) is 26.1. The standard InChI is InChI=1S/C11H18N2O3/c1-3-6-13-8-7-12(2)9(11(13)16)4-5-10(14)15/h3,9H,1,4-8H2,2H3,(H,14,15). The van der Waals surface area contributed by atoms with Crippen LogP contribution >= 0.6 is 0 Å². The summed E-state index contributed by atoms with van der Waals surface area (Å²) in [5, 5.41) is 8.63. The van der Waals surface area contributed by atoms with E-state index in [1.165, 1.54) is 0 Å². The topological polar surface area (TPSA) is 60.9 Å². The molecule has 1 N–H and O–H groups in total. The van der Waals surface area contributed by atoms with Crippen LogP contribution in [0.3, 0.4) is 0 Å². The van der Waals surface area contributed by atoms with Gasteiger partial charge in [-0.2, -0.15) is 0 Å². The average Bonchev–Trinajstić information content (AvgIpc) is 2.22. The molecule has 1 amide bonds. The third-order valence-corrected chi connectivity index (χ3v) is 2.83. The van der Waals surface area contributed by atoms with Crippen LogP contribution < -0.4 is 0 Å². The summed E-state index contributed by atoms with van der Waals surface area (Å²) in [7, 11) is 1.86. The zero-order valence-corrected chi connectivity index (χ0v) is 9.56. The van der Waals surface area contributed by atoms with Gasteiger partial charge in [0, 0.05) is 26.1 Å². The van der Waals surface area contributed by atoms with Crippen LogP contribution in [-0.4, -0.2) is 59.5 Å². The Morgan fingerprint density at radius 1 is 1.62 bits per heavy atom. The minimum Gasteiger partial charge on any atom is -0.481 e. The first kappa shape index (κ1) is 12.7. The molecule has 1 aliphatic rings. The van der Waals surface area contributed by atoms with Crippen molar-refractivity contribution < 1.29 is 14.7 Å². The molecule has 1 unspecified atom stereocenters. The molecule has 90 valence electrons. The number of carbonyl (C=O) groups excluding carboxylic acids is 1. The second kappa shape index (κ2) is 5.65. The molecular weight excluding hydrogens is 208 g/mol. The van der Waals surface area contributed by atoms with Crippen molar-refractivity contribution in [3.8, 4) is 0 Å². The van der Waals surface area contributed by atoms with E-state index in [4.69, 9.17) is 5.11 Å². The van der Waals surface area contributed by atoms with Crippen LogP contribution in [0.2, 0.25) is 0 Å². The van der Waals surface area contributed by atoms with E-state index in [1.54, 1.807) is 11.0 Å². The van der Waals surface area contributed by atoms with Gasteiger partial charge in [-0.15, -0.1) is 6.58 Å². The van der Waals surface area contributed by atoms with Gasteiger partial charge in [0.25, 0.3) is 0 Å². The second-order valence-corrected chi connectivity index (χ2v) is 4.00. The van der Waals surface area contributed by atoms with E-state index in [1.807, 2.05) is 11.9 Å². The number of aliphatic carboxylic acids is 1. The molecule has 5 heteroatoms. The van der Waals surface area contributed by atoms with Crippen LogP contribution in [-0.2, 0) is 9.59 Å². The van der Waals surface area contributed by atoms with E-state index in [9.17, 15) is 9.59 Å². The number of piperazine rings is 1. The van der Waals surface area contributed by atoms with Gasteiger partial charge in [0.15, 0.2) is 0 Å². The normalized spacial score (nSPS) is 22.2. The minimum absolute atomic E-state index is 0.00917. The number of carbonyl (C=O) groups is 2. The summed E-state index contributed by atoms with van der Waals surface area (Å²) < 4.78 is 0. The van der Waals surface area contributed by atoms with Gasteiger partial charge in [0.05, 0.1) is 6.04 Å². The minimum atomic E-state index is -0.859. The molecule has 0 saturated carbocycles. The molecule has 1 saturated heterocycles. The highest BCUT2D eigenvalue weighted by Gasteiger charge is 2.31. The fourth-order valence-electron chi connectivity index (χ4n) is 1.88. The number of hydrogen-bond donors (Lipinski definition) is 1. The Balaban J connectivity index is 2.60. The Hall–Kier alpha value is -1.36. The highest BCUT2D eigenvalue weighted by molar-refractivity contribution is 5.83. The highest BCUT2D eigenvalue weighted by Crippen LogP contribution is 2.14. The summed E-state index contributed by atoms with van der Waals surface area (Å²) in [6.45, 7) is 5.61. The lowest BCUT2D eigenvalue weighted by molar-refractivity contribution is -0.142. The van der Waals surface area contributed by atoms with Crippen molar-refractivity contribution in [2.45, 2.75) is 18.9 Å². The number of carboxylic acid groups (broad SMARTS) is 1. The van der Waals surface area contributed by atoms with Crippen LogP contribution in [0, 0.1) is 0 Å². The molecule has 0 aliphatic carbocycles. The van der Waals surface area contributed by atoms with Crippen LogP contribution in [0.25, 0.3) is 0 Å². The largest absolute Gasteiger partial charge is 0.481 e. The molecule has 0 radical (unpaired) electrons. The maximum atomic E-state index is 12.0. The van der Waals surface area contributed by atoms with Gasteiger partial charge in [-0.3, -0.25) is 14.5 Å². The number of nitrogens with zero attached hydrogens (tertiary/aromatic N) is 2. The number of carboxylic acids is 1. The van der Waals surface area contributed by atoms with E-state index in [2.05, 4.69) is 6.58 Å². The van der Waals surface area contributed by atoms with Gasteiger partial charge in [-0.25, -0.2) is 0 Å². The Kier molecular flexibility index (Phi) is 4.49. The predicted molar refractivity (Wildman–Crippen MR) is 60.1 cm³/mol. The third kappa shape index (κ3) is 3.06. The van der Waals surface area contributed by atoms with Gasteiger partial charge < -0.3 is 10.0 Å². The SMILES string of the molecule is C=CCN1CCN(C)C(CCC(=O)O)C1=O. The number of rotatable bonds is 5. The first-order valence-electron chi connectivity index (χ1n) is 5.38. The second-order valence-electron chi connectivity index (χ2n) is 4.00. The Labute approximate surface area is 95.3 Å². The molecule has 1 atom stereocenters. The van der Waals surface area contributed by atoms with Crippen LogP contribution in [0.1, 0.15) is 12.8 Å². The smallest absolute Gasteiger partial charge is 0.303 e. The van der Waals surface area contributed by atoms with E-state index >= 15 is 0 Å². The molecule has 0 bridgehead atoms. The van der Waals surface area contributed by atoms with Gasteiger partial charge in [0.1, 0.15) is 0 Å². The molecule has 1 aliphatic heterocycles. The summed E-state index contributed by atoms with van der Waals surface area (Å²) in [6, 6.07) is -0.301. The molecule has 16 heavy (non-hydrogen) atoms. The average molecular weight is 226 g/mol. The maximum absolute atomic E-state index is 12.0. The quantitative estimate of drug-likeness (QED) is 0.679. The van der Waals surface area contributed by atoms with Crippen LogP contribution in [0.15, 0.2) is 12.7 Å². The molecule has 0 aromatic carbocycles. The number of likely N-dealkylation sites (N-methyl/N-ethyl adjacent to an activating group) is 1. The summed E-state index contributed by atoms with van der Waals surface area (Å²) >= 11 is 0. The monoisotopic (exact) mass is 226 g/mol. The van der Waals surface area contributed by atoms with Crippen molar-refractivity contribution in [2.24, 2.45) is 0 Å². The summed E-state index contributed by atoms with van der Waals surface area (Å²) in [6.07, 6.45) is 2.10. The zero-order chi connectivity index (χ0) is 12.1. The highest BCUT2D eigenvalue weighted by atomic mass is 16.4. The Bertz CT molecular complexity index is 291. The Morgan fingerprint density at radius 3 is 2.88 bits per heavy atom. The fourth-order valence-corrected chi connectivity index (χ4v) is 1.88. The number of amides is 1. The first-order chi connectivity index (χ1) is 7.56. The zero-order valence-electron chi connectivity index (χ0n) is 9.56. The van der Waals surface area contributed by atoms with Crippen molar-refractivity contribution in [3.63, 3.8) is 0 Å². The molecular formula is C11H18N2O3. The van der Waals surface area contributed by atoms with E-state index in [-0.39, 0.29) is 18.4 Å². The van der Waals surface area contributed by atoms with E-state index in [0.717, 1.165) is 6.54 Å². The maximum Gasteiger partial charge on any atom is 0.303 e. The fraction of sp³-hybridized carbons (Fsp3) is 0.636. The number of hydrogen-bond acceptors (Lipinski definition) is 3.